The number of pyridine rings is 1. The molecule has 2 heterocycles. The second-order valence-electron chi connectivity index (χ2n) is 11.3. The summed E-state index contributed by atoms with van der Waals surface area (Å²) in [7, 11) is 0. The van der Waals surface area contributed by atoms with E-state index in [9.17, 15) is 22.8 Å². The maximum Gasteiger partial charge on any atom is 0.411 e. The molecule has 0 saturated carbocycles. The van der Waals surface area contributed by atoms with Crippen LogP contribution in [-0.4, -0.2) is 64.4 Å². The largest absolute Gasteiger partial charge is 0.444 e. The third-order valence-corrected chi connectivity index (χ3v) is 6.84. The van der Waals surface area contributed by atoms with Crippen LogP contribution in [0, 0.1) is 6.92 Å². The van der Waals surface area contributed by atoms with Crippen molar-refractivity contribution in [1.29, 1.82) is 0 Å². The zero-order chi connectivity index (χ0) is 27.8. The molecule has 3 rings (SSSR count). The van der Waals surface area contributed by atoms with Gasteiger partial charge < -0.3 is 15.4 Å². The number of carbonyl (C=O) groups is 2. The number of fused-ring (bicyclic) bond motifs is 1. The Morgan fingerprint density at radius 3 is 2.41 bits per heavy atom. The van der Waals surface area contributed by atoms with Crippen molar-refractivity contribution in [3.8, 4) is 0 Å². The van der Waals surface area contributed by atoms with Crippen molar-refractivity contribution < 1.29 is 27.5 Å². The van der Waals surface area contributed by atoms with Crippen LogP contribution in [-0.2, 0) is 10.2 Å². The molecule has 0 spiro atoms. The summed E-state index contributed by atoms with van der Waals surface area (Å²) in [6, 6.07) is 4.72. The molecule has 2 N–H and O–H groups in total. The highest BCUT2D eigenvalue weighted by atomic mass is 32.2. The lowest BCUT2D eigenvalue weighted by atomic mass is 9.84. The van der Waals surface area contributed by atoms with Gasteiger partial charge in [0.15, 0.2) is 0 Å². The Morgan fingerprint density at radius 2 is 1.81 bits per heavy atom. The standard InChI is InChI=1S/C26H35F3N4O3S/c1-15-8-20(22(34)30-11-17-12-37-14-33(17)23(35)36-25(5,6)7)32-21-18(15)9-16(31-13-26(27,28)29)10-19(21)24(2,3)4/h8-10,17,31H,11-14H2,1-7H3,(H,30,34). The number of thioether (sulfide) groups is 1. The first-order valence-corrected chi connectivity index (χ1v) is 13.2. The summed E-state index contributed by atoms with van der Waals surface area (Å²) in [5.41, 5.74) is 1.54. The van der Waals surface area contributed by atoms with Gasteiger partial charge in [0, 0.05) is 23.4 Å². The van der Waals surface area contributed by atoms with Gasteiger partial charge in [0.05, 0.1) is 17.4 Å². The first-order chi connectivity index (χ1) is 16.9. The average molecular weight is 541 g/mol. The average Bonchev–Trinajstić information content (AvgIpc) is 3.22. The molecule has 11 heteroatoms. The molecule has 1 unspecified atom stereocenters. The van der Waals surface area contributed by atoms with E-state index in [0.29, 0.717) is 28.2 Å². The molecule has 7 nitrogen and oxygen atoms in total. The van der Waals surface area contributed by atoms with Gasteiger partial charge in [0.25, 0.3) is 5.91 Å². The monoisotopic (exact) mass is 540 g/mol. The summed E-state index contributed by atoms with van der Waals surface area (Å²) in [6.45, 7) is 12.2. The van der Waals surface area contributed by atoms with Crippen molar-refractivity contribution >= 4 is 40.4 Å². The van der Waals surface area contributed by atoms with E-state index in [0.717, 1.165) is 11.1 Å². The number of benzene rings is 1. The number of hydrogen-bond donors (Lipinski definition) is 2. The molecule has 1 fully saturated rings. The maximum absolute atomic E-state index is 13.1. The molecule has 37 heavy (non-hydrogen) atoms. The van der Waals surface area contributed by atoms with Gasteiger partial charge >= 0.3 is 12.3 Å². The Bertz CT molecular complexity index is 1170. The maximum atomic E-state index is 13.1. The summed E-state index contributed by atoms with van der Waals surface area (Å²) >= 11 is 1.59. The van der Waals surface area contributed by atoms with Crippen molar-refractivity contribution in [2.24, 2.45) is 0 Å². The number of aryl methyl sites for hydroxylation is 1. The van der Waals surface area contributed by atoms with Gasteiger partial charge in [-0.25, -0.2) is 9.78 Å². The van der Waals surface area contributed by atoms with Gasteiger partial charge in [-0.15, -0.1) is 11.8 Å². The van der Waals surface area contributed by atoms with E-state index in [4.69, 9.17) is 4.74 Å². The van der Waals surface area contributed by atoms with E-state index < -0.39 is 29.8 Å². The lowest BCUT2D eigenvalue weighted by molar-refractivity contribution is -0.115. The van der Waals surface area contributed by atoms with E-state index in [-0.39, 0.29) is 24.2 Å². The quantitative estimate of drug-likeness (QED) is 0.495. The summed E-state index contributed by atoms with van der Waals surface area (Å²) in [5, 5.41) is 6.02. The molecule has 0 radical (unpaired) electrons. The molecule has 1 saturated heterocycles. The van der Waals surface area contributed by atoms with Crippen LogP contribution in [0.25, 0.3) is 10.9 Å². The minimum Gasteiger partial charge on any atom is -0.444 e. The van der Waals surface area contributed by atoms with E-state index in [1.165, 1.54) is 0 Å². The number of hydrogen-bond acceptors (Lipinski definition) is 6. The van der Waals surface area contributed by atoms with Crippen molar-refractivity contribution in [2.75, 3.05) is 30.0 Å². The number of ether oxygens (including phenoxy) is 1. The molecule has 2 amide bonds. The van der Waals surface area contributed by atoms with Crippen LogP contribution in [0.15, 0.2) is 18.2 Å². The number of aromatic nitrogens is 1. The fourth-order valence-corrected chi connectivity index (χ4v) is 5.15. The molecule has 0 aliphatic carbocycles. The Morgan fingerprint density at radius 1 is 1.14 bits per heavy atom. The molecule has 1 aliphatic heterocycles. The number of nitrogens with zero attached hydrogens (tertiary/aromatic N) is 2. The number of alkyl halides is 3. The van der Waals surface area contributed by atoms with E-state index in [1.807, 2.05) is 20.8 Å². The van der Waals surface area contributed by atoms with Gasteiger partial charge in [0.2, 0.25) is 0 Å². The highest BCUT2D eigenvalue weighted by Gasteiger charge is 2.33. The molecule has 0 bridgehead atoms. The Hall–Kier alpha value is -2.69. The zero-order valence-corrected chi connectivity index (χ0v) is 23.1. The second-order valence-corrected chi connectivity index (χ2v) is 12.3. The first kappa shape index (κ1) is 28.9. The van der Waals surface area contributed by atoms with Gasteiger partial charge in [-0.2, -0.15) is 13.2 Å². The smallest absolute Gasteiger partial charge is 0.411 e. The van der Waals surface area contributed by atoms with Crippen LogP contribution in [0.2, 0.25) is 0 Å². The van der Waals surface area contributed by atoms with Gasteiger partial charge in [-0.05, 0) is 62.4 Å². The van der Waals surface area contributed by atoms with Crippen molar-refractivity contribution in [3.63, 3.8) is 0 Å². The second kappa shape index (κ2) is 10.6. The van der Waals surface area contributed by atoms with Crippen molar-refractivity contribution in [1.82, 2.24) is 15.2 Å². The summed E-state index contributed by atoms with van der Waals surface area (Å²) in [4.78, 5) is 31.9. The summed E-state index contributed by atoms with van der Waals surface area (Å²) in [6.07, 6.45) is -4.76. The summed E-state index contributed by atoms with van der Waals surface area (Å²) in [5.74, 6) is 0.777. The lowest BCUT2D eigenvalue weighted by Gasteiger charge is -2.28. The van der Waals surface area contributed by atoms with Crippen molar-refractivity contribution in [2.45, 2.75) is 71.7 Å². The number of rotatable bonds is 5. The number of carbonyl (C=O) groups excluding carboxylic acids is 2. The van der Waals surface area contributed by atoms with Crippen LogP contribution in [0.4, 0.5) is 23.7 Å². The zero-order valence-electron chi connectivity index (χ0n) is 22.3. The predicted molar refractivity (Wildman–Crippen MR) is 141 cm³/mol. The Balaban J connectivity index is 1.84. The first-order valence-electron chi connectivity index (χ1n) is 12.1. The highest BCUT2D eigenvalue weighted by Crippen LogP contribution is 2.34. The minimum absolute atomic E-state index is 0.209. The molecular weight excluding hydrogens is 505 g/mol. The van der Waals surface area contributed by atoms with Crippen LogP contribution < -0.4 is 10.6 Å². The van der Waals surface area contributed by atoms with Gasteiger partial charge in [-0.1, -0.05) is 20.8 Å². The number of halogens is 3. The molecule has 1 aromatic carbocycles. The number of amides is 2. The van der Waals surface area contributed by atoms with E-state index in [1.54, 1.807) is 62.6 Å². The van der Waals surface area contributed by atoms with Crippen LogP contribution >= 0.6 is 11.8 Å². The van der Waals surface area contributed by atoms with Gasteiger partial charge in [-0.3, -0.25) is 9.69 Å². The third kappa shape index (κ3) is 7.66. The SMILES string of the molecule is Cc1cc(C(=O)NCC2CSCN2C(=O)OC(C)(C)C)nc2c(C(C)(C)C)cc(NCC(F)(F)F)cc12. The number of nitrogens with one attached hydrogen (secondary N) is 2. The normalized spacial score (nSPS) is 16.7. The van der Waals surface area contributed by atoms with Crippen LogP contribution in [0.5, 0.6) is 0 Å². The number of anilines is 1. The molecular formula is C26H35F3N4O3S. The molecule has 1 aliphatic rings. The Kier molecular flexibility index (Phi) is 8.26. The third-order valence-electron chi connectivity index (χ3n) is 5.76. The topological polar surface area (TPSA) is 83.6 Å². The van der Waals surface area contributed by atoms with E-state index >= 15 is 0 Å². The van der Waals surface area contributed by atoms with Crippen molar-refractivity contribution in [3.05, 3.63) is 35.0 Å². The van der Waals surface area contributed by atoms with E-state index in [2.05, 4.69) is 15.6 Å². The van der Waals surface area contributed by atoms with Gasteiger partial charge in [0.1, 0.15) is 17.8 Å². The minimum atomic E-state index is -4.34. The van der Waals surface area contributed by atoms with Crippen LogP contribution in [0.3, 0.4) is 0 Å². The molecule has 1 aromatic heterocycles. The van der Waals surface area contributed by atoms with Crippen LogP contribution in [0.1, 0.15) is 63.2 Å². The fourth-order valence-electron chi connectivity index (χ4n) is 3.96. The summed E-state index contributed by atoms with van der Waals surface area (Å²) < 4.78 is 43.8. The molecule has 2 aromatic rings. The Labute approximate surface area is 219 Å². The fraction of sp³-hybridized carbons (Fsp3) is 0.577. The lowest BCUT2D eigenvalue weighted by Crippen LogP contribution is -2.46. The highest BCUT2D eigenvalue weighted by molar-refractivity contribution is 7.99. The molecule has 204 valence electrons. The molecule has 1 atom stereocenters. The predicted octanol–water partition coefficient (Wildman–Crippen LogP) is 5.85.